The van der Waals surface area contributed by atoms with Gasteiger partial charge < -0.3 is 10.4 Å². The smallest absolute Gasteiger partial charge is 0.326 e. The van der Waals surface area contributed by atoms with E-state index < -0.39 is 23.3 Å². The average molecular weight is 529 g/mol. The van der Waals surface area contributed by atoms with Crippen LogP contribution in [0.3, 0.4) is 0 Å². The van der Waals surface area contributed by atoms with Crippen LogP contribution in [0.2, 0.25) is 0 Å². The summed E-state index contributed by atoms with van der Waals surface area (Å²) in [5, 5.41) is 14.0. The van der Waals surface area contributed by atoms with Gasteiger partial charge in [-0.2, -0.15) is 0 Å². The van der Waals surface area contributed by atoms with E-state index in [9.17, 15) is 19.5 Å². The largest absolute Gasteiger partial charge is 0.480 e. The Balaban J connectivity index is 1.71. The van der Waals surface area contributed by atoms with Crippen LogP contribution in [0.5, 0.6) is 0 Å². The number of hydrogen-bond donors (Lipinski definition) is 2. The number of carbonyl (C=O) groups excluding carboxylic acids is 2. The number of ketones is 1. The minimum Gasteiger partial charge on any atom is -0.480 e. The summed E-state index contributed by atoms with van der Waals surface area (Å²) in [4.78, 5) is 43.2. The molecule has 3 aromatic rings. The van der Waals surface area contributed by atoms with E-state index in [1.54, 1.807) is 32.9 Å². The lowest BCUT2D eigenvalue weighted by Crippen LogP contribution is -2.49. The zero-order chi connectivity index (χ0) is 28.5. The van der Waals surface area contributed by atoms with Crippen molar-refractivity contribution in [3.63, 3.8) is 0 Å². The Morgan fingerprint density at radius 2 is 1.54 bits per heavy atom. The van der Waals surface area contributed by atoms with Crippen LogP contribution in [0.15, 0.2) is 48.5 Å². The number of nitrogens with zero attached hydrogens (tertiary/aromatic N) is 1. The first-order valence-corrected chi connectivity index (χ1v) is 13.9. The number of aliphatic carboxylic acids is 1. The van der Waals surface area contributed by atoms with Crippen LogP contribution in [-0.4, -0.2) is 33.8 Å². The van der Waals surface area contributed by atoms with Crippen molar-refractivity contribution in [2.75, 3.05) is 0 Å². The van der Waals surface area contributed by atoms with Crippen LogP contribution in [0.1, 0.15) is 105 Å². The SMILES string of the molecule is CC(C)(C)c1ccc(C(=O)c2ccc3cc(C(=O)N[C@H](C(=O)O)C(C)(C)C)nc(CC4CCCC4)c3c2)cc1. The van der Waals surface area contributed by atoms with Crippen LogP contribution in [0, 0.1) is 11.3 Å². The third-order valence-corrected chi connectivity index (χ3v) is 7.76. The van der Waals surface area contributed by atoms with Gasteiger partial charge in [-0.15, -0.1) is 0 Å². The van der Waals surface area contributed by atoms with Crippen molar-refractivity contribution in [2.45, 2.75) is 85.1 Å². The summed E-state index contributed by atoms with van der Waals surface area (Å²) >= 11 is 0. The molecular formula is C33H40N2O4. The van der Waals surface area contributed by atoms with Crippen molar-refractivity contribution in [3.05, 3.63) is 76.6 Å². The van der Waals surface area contributed by atoms with E-state index in [0.717, 1.165) is 35.7 Å². The molecule has 39 heavy (non-hydrogen) atoms. The quantitative estimate of drug-likeness (QED) is 0.332. The van der Waals surface area contributed by atoms with Gasteiger partial charge in [0.2, 0.25) is 0 Å². The maximum absolute atomic E-state index is 13.4. The first-order chi connectivity index (χ1) is 18.2. The van der Waals surface area contributed by atoms with Crippen molar-refractivity contribution in [1.82, 2.24) is 10.3 Å². The molecule has 206 valence electrons. The Morgan fingerprint density at radius 1 is 0.923 bits per heavy atom. The minimum atomic E-state index is -1.08. The summed E-state index contributed by atoms with van der Waals surface area (Å²) in [5.74, 6) is -1.17. The molecule has 0 aliphatic heterocycles. The fourth-order valence-electron chi connectivity index (χ4n) is 5.36. The Kier molecular flexibility index (Phi) is 7.97. The lowest BCUT2D eigenvalue weighted by molar-refractivity contribution is -0.142. The molecule has 1 atom stereocenters. The lowest BCUT2D eigenvalue weighted by Gasteiger charge is -2.27. The summed E-state index contributed by atoms with van der Waals surface area (Å²) in [5.41, 5.74) is 2.70. The van der Waals surface area contributed by atoms with Gasteiger partial charge in [-0.3, -0.25) is 9.59 Å². The fraction of sp³-hybridized carbons (Fsp3) is 0.455. The molecule has 0 unspecified atom stereocenters. The van der Waals surface area contributed by atoms with Gasteiger partial charge >= 0.3 is 5.97 Å². The molecule has 2 N–H and O–H groups in total. The van der Waals surface area contributed by atoms with Crippen molar-refractivity contribution in [3.8, 4) is 0 Å². The molecule has 1 amide bonds. The van der Waals surface area contributed by atoms with Crippen molar-refractivity contribution in [1.29, 1.82) is 0 Å². The Hall–Kier alpha value is -3.54. The first kappa shape index (κ1) is 28.5. The summed E-state index contributed by atoms with van der Waals surface area (Å²) in [6.07, 6.45) is 5.32. The second-order valence-corrected chi connectivity index (χ2v) is 13.0. The summed E-state index contributed by atoms with van der Waals surface area (Å²) in [6.45, 7) is 11.8. The lowest BCUT2D eigenvalue weighted by atomic mass is 9.86. The Bertz CT molecular complexity index is 1390. The predicted molar refractivity (Wildman–Crippen MR) is 154 cm³/mol. The molecule has 6 heteroatoms. The summed E-state index contributed by atoms with van der Waals surface area (Å²) < 4.78 is 0. The summed E-state index contributed by atoms with van der Waals surface area (Å²) in [6, 6.07) is 14.0. The number of carboxylic acids is 1. The number of hydrogen-bond acceptors (Lipinski definition) is 4. The number of rotatable bonds is 7. The van der Waals surface area contributed by atoms with Crippen LogP contribution in [-0.2, 0) is 16.6 Å². The third-order valence-electron chi connectivity index (χ3n) is 7.76. The second kappa shape index (κ2) is 10.9. The monoisotopic (exact) mass is 528 g/mol. The molecule has 4 rings (SSSR count). The van der Waals surface area contributed by atoms with E-state index in [1.807, 2.05) is 36.4 Å². The molecule has 1 aliphatic carbocycles. The van der Waals surface area contributed by atoms with Crippen LogP contribution in [0.25, 0.3) is 10.8 Å². The van der Waals surface area contributed by atoms with Crippen molar-refractivity contribution < 1.29 is 19.5 Å². The number of carboxylic acid groups (broad SMARTS) is 1. The third kappa shape index (κ3) is 6.55. The highest BCUT2D eigenvalue weighted by Gasteiger charge is 2.33. The number of carbonyl (C=O) groups is 3. The van der Waals surface area contributed by atoms with E-state index in [1.165, 1.54) is 18.4 Å². The topological polar surface area (TPSA) is 96.4 Å². The van der Waals surface area contributed by atoms with Gasteiger partial charge in [0, 0.05) is 22.2 Å². The molecule has 0 bridgehead atoms. The number of pyridine rings is 1. The molecule has 0 saturated heterocycles. The van der Waals surface area contributed by atoms with E-state index in [-0.39, 0.29) is 16.9 Å². The van der Waals surface area contributed by atoms with Crippen molar-refractivity contribution >= 4 is 28.4 Å². The van der Waals surface area contributed by atoms with Crippen LogP contribution in [0.4, 0.5) is 0 Å². The van der Waals surface area contributed by atoms with Gasteiger partial charge in [0.15, 0.2) is 5.78 Å². The zero-order valence-electron chi connectivity index (χ0n) is 23.9. The highest BCUT2D eigenvalue weighted by atomic mass is 16.4. The molecule has 1 saturated carbocycles. The van der Waals surface area contributed by atoms with Gasteiger partial charge in [-0.05, 0) is 46.3 Å². The Morgan fingerprint density at radius 3 is 2.10 bits per heavy atom. The van der Waals surface area contributed by atoms with E-state index in [0.29, 0.717) is 17.0 Å². The molecule has 1 fully saturated rings. The second-order valence-electron chi connectivity index (χ2n) is 13.0. The van der Waals surface area contributed by atoms with E-state index in [2.05, 4.69) is 26.1 Å². The van der Waals surface area contributed by atoms with Gasteiger partial charge in [0.05, 0.1) is 0 Å². The van der Waals surface area contributed by atoms with Crippen LogP contribution >= 0.6 is 0 Å². The number of aromatic nitrogens is 1. The number of nitrogens with one attached hydrogen (secondary N) is 1. The molecule has 0 radical (unpaired) electrons. The molecule has 1 aromatic heterocycles. The number of benzene rings is 2. The fourth-order valence-corrected chi connectivity index (χ4v) is 5.36. The summed E-state index contributed by atoms with van der Waals surface area (Å²) in [7, 11) is 0. The molecule has 1 aliphatic rings. The zero-order valence-corrected chi connectivity index (χ0v) is 23.9. The average Bonchev–Trinajstić information content (AvgIpc) is 3.38. The molecule has 0 spiro atoms. The Labute approximate surface area is 231 Å². The number of amides is 1. The van der Waals surface area contributed by atoms with Gasteiger partial charge in [-0.1, -0.05) is 104 Å². The van der Waals surface area contributed by atoms with Gasteiger partial charge in [0.1, 0.15) is 11.7 Å². The molecule has 1 heterocycles. The van der Waals surface area contributed by atoms with Gasteiger partial charge in [-0.25, -0.2) is 9.78 Å². The van der Waals surface area contributed by atoms with E-state index in [4.69, 9.17) is 4.98 Å². The van der Waals surface area contributed by atoms with Crippen molar-refractivity contribution in [2.24, 2.45) is 11.3 Å². The van der Waals surface area contributed by atoms with Crippen LogP contribution < -0.4 is 5.32 Å². The minimum absolute atomic E-state index is 0.00665. The number of fused-ring (bicyclic) bond motifs is 1. The molecule has 2 aromatic carbocycles. The van der Waals surface area contributed by atoms with E-state index >= 15 is 0 Å². The molecular weight excluding hydrogens is 488 g/mol. The predicted octanol–water partition coefficient (Wildman–Crippen LogP) is 6.73. The first-order valence-electron chi connectivity index (χ1n) is 13.9. The maximum Gasteiger partial charge on any atom is 0.326 e. The maximum atomic E-state index is 13.4. The normalized spacial score (nSPS) is 15.3. The standard InChI is InChI=1S/C33H40N2O4/c1-32(2,3)24-15-13-21(14-16-24)28(36)23-12-11-22-19-27(30(37)35-29(31(38)39)33(4,5)6)34-26(25(22)18-23)17-20-9-7-8-10-20/h11-16,18-20,29H,7-10,17H2,1-6H3,(H,35,37)(H,38,39)/t29-/m1/s1. The highest BCUT2D eigenvalue weighted by Crippen LogP contribution is 2.31. The highest BCUT2D eigenvalue weighted by molar-refractivity contribution is 6.11. The molecule has 6 nitrogen and oxygen atoms in total. The van der Waals surface area contributed by atoms with Gasteiger partial charge in [0.25, 0.3) is 5.91 Å².